The van der Waals surface area contributed by atoms with E-state index < -0.39 is 20.4 Å². The molecule has 1 unspecified atom stereocenters. The second-order valence-corrected chi connectivity index (χ2v) is 8.46. The van der Waals surface area contributed by atoms with Gasteiger partial charge in [-0.15, -0.1) is 0 Å². The molecular formula is C16H17BrN2O4S. The summed E-state index contributed by atoms with van der Waals surface area (Å²) >= 11 is 3.40. The van der Waals surface area contributed by atoms with E-state index in [1.165, 1.54) is 18.2 Å². The minimum absolute atomic E-state index is 0.118. The second-order valence-electron chi connectivity index (χ2n) is 5.56. The summed E-state index contributed by atoms with van der Waals surface area (Å²) in [7, 11) is -3.69. The predicted octanol–water partition coefficient (Wildman–Crippen LogP) is 3.80. The van der Waals surface area contributed by atoms with Gasteiger partial charge in [-0.2, -0.15) is 0 Å². The predicted molar refractivity (Wildman–Crippen MR) is 97.1 cm³/mol. The molecule has 2 aromatic rings. The lowest BCUT2D eigenvalue weighted by Crippen LogP contribution is -2.19. The van der Waals surface area contributed by atoms with Gasteiger partial charge in [-0.3, -0.25) is 10.1 Å². The van der Waals surface area contributed by atoms with Crippen LogP contribution in [0.25, 0.3) is 0 Å². The van der Waals surface area contributed by atoms with Gasteiger partial charge in [-0.1, -0.05) is 34.1 Å². The van der Waals surface area contributed by atoms with Crippen LogP contribution in [-0.4, -0.2) is 25.6 Å². The molecule has 128 valence electrons. The van der Waals surface area contributed by atoms with E-state index in [9.17, 15) is 18.5 Å². The van der Waals surface area contributed by atoms with Crippen LogP contribution in [0.2, 0.25) is 0 Å². The fourth-order valence-electron chi connectivity index (χ4n) is 2.46. The summed E-state index contributed by atoms with van der Waals surface area (Å²) in [5.74, 6) is 0. The van der Waals surface area contributed by atoms with Crippen molar-refractivity contribution in [1.82, 2.24) is 0 Å². The van der Waals surface area contributed by atoms with Crippen LogP contribution >= 0.6 is 15.9 Å². The Balaban J connectivity index is 2.30. The van der Waals surface area contributed by atoms with E-state index >= 15 is 0 Å². The normalized spacial score (nSPS) is 12.6. The fourth-order valence-corrected chi connectivity index (χ4v) is 3.77. The Labute approximate surface area is 149 Å². The molecular weight excluding hydrogens is 396 g/mol. The average Bonchev–Trinajstić information content (AvgIpc) is 2.45. The van der Waals surface area contributed by atoms with E-state index in [0.717, 1.165) is 16.3 Å². The van der Waals surface area contributed by atoms with Gasteiger partial charge in [0.25, 0.3) is 0 Å². The van der Waals surface area contributed by atoms with Gasteiger partial charge >= 0.3 is 5.69 Å². The van der Waals surface area contributed by atoms with Crippen molar-refractivity contribution in [3.63, 3.8) is 0 Å². The highest BCUT2D eigenvalue weighted by Gasteiger charge is 2.26. The Morgan fingerprint density at radius 3 is 2.50 bits per heavy atom. The standard InChI is InChI=1S/C16H17BrN2O4S/c1-11(9-12-5-3-6-13(17)10-12)18-14-7-4-8-15(24(2,22)23)16(14)19(20)21/h3-8,10-11,18H,9H2,1-2H3. The molecule has 0 aliphatic carbocycles. The van der Waals surface area contributed by atoms with E-state index in [2.05, 4.69) is 21.2 Å². The maximum atomic E-state index is 11.8. The Morgan fingerprint density at radius 2 is 1.92 bits per heavy atom. The number of nitro groups is 1. The molecule has 0 aromatic heterocycles. The second kappa shape index (κ2) is 7.31. The molecule has 0 saturated heterocycles. The molecule has 0 amide bonds. The van der Waals surface area contributed by atoms with Crippen molar-refractivity contribution < 1.29 is 13.3 Å². The van der Waals surface area contributed by atoms with Crippen molar-refractivity contribution in [2.45, 2.75) is 24.3 Å². The van der Waals surface area contributed by atoms with Crippen LogP contribution in [0.3, 0.4) is 0 Å². The zero-order valence-electron chi connectivity index (χ0n) is 13.2. The Bertz CT molecular complexity index is 868. The number of rotatable bonds is 6. The Hall–Kier alpha value is -1.93. The molecule has 2 aromatic carbocycles. The molecule has 8 heteroatoms. The van der Waals surface area contributed by atoms with Crippen molar-refractivity contribution in [1.29, 1.82) is 0 Å². The summed E-state index contributed by atoms with van der Waals surface area (Å²) in [6.07, 6.45) is 1.60. The summed E-state index contributed by atoms with van der Waals surface area (Å²) in [4.78, 5) is 10.4. The number of hydrogen-bond donors (Lipinski definition) is 1. The van der Waals surface area contributed by atoms with Crippen LogP contribution in [0.15, 0.2) is 51.8 Å². The van der Waals surface area contributed by atoms with Crippen LogP contribution < -0.4 is 5.32 Å². The molecule has 0 spiro atoms. The van der Waals surface area contributed by atoms with Crippen LogP contribution in [-0.2, 0) is 16.3 Å². The van der Waals surface area contributed by atoms with E-state index in [-0.39, 0.29) is 16.6 Å². The van der Waals surface area contributed by atoms with Gasteiger partial charge in [0.2, 0.25) is 0 Å². The molecule has 6 nitrogen and oxygen atoms in total. The van der Waals surface area contributed by atoms with E-state index in [4.69, 9.17) is 0 Å². The first-order valence-electron chi connectivity index (χ1n) is 7.17. The zero-order chi connectivity index (χ0) is 17.9. The highest BCUT2D eigenvalue weighted by molar-refractivity contribution is 9.10. The fraction of sp³-hybridized carbons (Fsp3) is 0.250. The van der Waals surface area contributed by atoms with Crippen molar-refractivity contribution in [2.75, 3.05) is 11.6 Å². The van der Waals surface area contributed by atoms with Gasteiger partial charge in [0.1, 0.15) is 10.6 Å². The number of hydrogen-bond acceptors (Lipinski definition) is 5. The highest BCUT2D eigenvalue weighted by Crippen LogP contribution is 2.32. The zero-order valence-corrected chi connectivity index (χ0v) is 15.6. The lowest BCUT2D eigenvalue weighted by molar-refractivity contribution is -0.386. The molecule has 0 bridgehead atoms. The van der Waals surface area contributed by atoms with Gasteiger partial charge in [0.15, 0.2) is 9.84 Å². The molecule has 1 N–H and O–H groups in total. The number of anilines is 1. The molecule has 1 atom stereocenters. The average molecular weight is 413 g/mol. The number of nitro benzene ring substituents is 1. The molecule has 0 saturated carbocycles. The minimum Gasteiger partial charge on any atom is -0.377 e. The first kappa shape index (κ1) is 18.4. The van der Waals surface area contributed by atoms with Gasteiger partial charge in [-0.25, -0.2) is 8.42 Å². The van der Waals surface area contributed by atoms with E-state index in [1.807, 2.05) is 31.2 Å². The number of sulfone groups is 1. The maximum Gasteiger partial charge on any atom is 0.310 e. The van der Waals surface area contributed by atoms with Crippen LogP contribution in [0.4, 0.5) is 11.4 Å². The van der Waals surface area contributed by atoms with Crippen LogP contribution in [0.5, 0.6) is 0 Å². The van der Waals surface area contributed by atoms with Crippen LogP contribution in [0.1, 0.15) is 12.5 Å². The quantitative estimate of drug-likeness (QED) is 0.575. The first-order chi connectivity index (χ1) is 11.2. The molecule has 0 aliphatic rings. The van der Waals surface area contributed by atoms with E-state index in [1.54, 1.807) is 0 Å². The van der Waals surface area contributed by atoms with Crippen LogP contribution in [0, 0.1) is 10.1 Å². The summed E-state index contributed by atoms with van der Waals surface area (Å²) in [6, 6.07) is 11.9. The first-order valence-corrected chi connectivity index (χ1v) is 9.85. The molecule has 0 heterocycles. The smallest absolute Gasteiger partial charge is 0.310 e. The Morgan fingerprint density at radius 1 is 1.25 bits per heavy atom. The lowest BCUT2D eigenvalue weighted by Gasteiger charge is -2.16. The highest BCUT2D eigenvalue weighted by atomic mass is 79.9. The van der Waals surface area contributed by atoms with Crippen molar-refractivity contribution in [2.24, 2.45) is 0 Å². The number of para-hydroxylation sites is 1. The lowest BCUT2D eigenvalue weighted by atomic mass is 10.1. The summed E-state index contributed by atoms with van der Waals surface area (Å²) in [6.45, 7) is 1.89. The van der Waals surface area contributed by atoms with Gasteiger partial charge in [-0.05, 0) is 43.2 Å². The summed E-state index contributed by atoms with van der Waals surface area (Å²) < 4.78 is 24.5. The summed E-state index contributed by atoms with van der Waals surface area (Å²) in [5, 5.41) is 14.4. The molecule has 2 rings (SSSR count). The largest absolute Gasteiger partial charge is 0.377 e. The third-order valence-corrected chi connectivity index (χ3v) is 5.04. The molecule has 0 radical (unpaired) electrons. The topological polar surface area (TPSA) is 89.3 Å². The number of benzene rings is 2. The third-order valence-electron chi connectivity index (χ3n) is 3.41. The number of nitrogens with zero attached hydrogens (tertiary/aromatic N) is 1. The Kier molecular flexibility index (Phi) is 5.61. The van der Waals surface area contributed by atoms with Crippen molar-refractivity contribution in [3.8, 4) is 0 Å². The molecule has 24 heavy (non-hydrogen) atoms. The van der Waals surface area contributed by atoms with Gasteiger partial charge < -0.3 is 5.32 Å². The number of halogens is 1. The molecule has 0 fully saturated rings. The van der Waals surface area contributed by atoms with Gasteiger partial charge in [0.05, 0.1) is 4.92 Å². The monoisotopic (exact) mass is 412 g/mol. The maximum absolute atomic E-state index is 11.8. The summed E-state index contributed by atoms with van der Waals surface area (Å²) in [5.41, 5.74) is 0.845. The number of nitrogens with one attached hydrogen (secondary N) is 1. The van der Waals surface area contributed by atoms with Crippen molar-refractivity contribution in [3.05, 3.63) is 62.6 Å². The SMILES string of the molecule is CC(Cc1cccc(Br)c1)Nc1cccc(S(C)(=O)=O)c1[N+](=O)[O-]. The third kappa shape index (κ3) is 4.55. The molecule has 0 aliphatic heterocycles. The van der Waals surface area contributed by atoms with Crippen molar-refractivity contribution >= 4 is 37.1 Å². The van der Waals surface area contributed by atoms with E-state index in [0.29, 0.717) is 6.42 Å². The van der Waals surface area contributed by atoms with Gasteiger partial charge in [0, 0.05) is 16.8 Å². The minimum atomic E-state index is -3.69.